The van der Waals surface area contributed by atoms with Gasteiger partial charge in [-0.1, -0.05) is 18.7 Å². The van der Waals surface area contributed by atoms with Crippen LogP contribution in [0.2, 0.25) is 0 Å². The van der Waals surface area contributed by atoms with Gasteiger partial charge in [0.2, 0.25) is 5.78 Å². The summed E-state index contributed by atoms with van der Waals surface area (Å²) in [6.45, 7) is 3.41. The average molecular weight is 122 g/mol. The minimum atomic E-state index is -0.391. The van der Waals surface area contributed by atoms with Crippen molar-refractivity contribution in [3.05, 3.63) is 36.1 Å². The van der Waals surface area contributed by atoms with Gasteiger partial charge in [-0.15, -0.1) is 0 Å². The van der Waals surface area contributed by atoms with Crippen molar-refractivity contribution < 1.29 is 9.90 Å². The van der Waals surface area contributed by atoms with Crippen molar-refractivity contribution in [2.24, 2.45) is 0 Å². The summed E-state index contributed by atoms with van der Waals surface area (Å²) in [4.78, 5) is 10.7. The molecule has 0 fully saturated rings. The van der Waals surface area contributed by atoms with Crippen LogP contribution in [-0.2, 0) is 4.79 Å². The number of carbonyl (C=O) groups excluding carboxylic acids is 1. The smallest absolute Gasteiger partial charge is 0.226 e. The number of aliphatic hydroxyl groups is 1. The van der Waals surface area contributed by atoms with Crippen LogP contribution in [0.5, 0.6) is 0 Å². The van der Waals surface area contributed by atoms with Crippen LogP contribution in [0, 0.1) is 0 Å². The lowest BCUT2D eigenvalue weighted by molar-refractivity contribution is -0.114. The molecule has 0 saturated heterocycles. The SMILES string of the molecule is C=C1C=CC=C(O)C1=O. The van der Waals surface area contributed by atoms with Gasteiger partial charge in [-0.25, -0.2) is 0 Å². The van der Waals surface area contributed by atoms with Crippen LogP contribution in [-0.4, -0.2) is 10.9 Å². The van der Waals surface area contributed by atoms with Crippen molar-refractivity contribution in [1.29, 1.82) is 0 Å². The van der Waals surface area contributed by atoms with Crippen LogP contribution in [0.3, 0.4) is 0 Å². The molecule has 0 heterocycles. The van der Waals surface area contributed by atoms with Gasteiger partial charge < -0.3 is 5.11 Å². The molecule has 0 spiro atoms. The largest absolute Gasteiger partial charge is 0.504 e. The zero-order valence-corrected chi connectivity index (χ0v) is 4.79. The zero-order valence-electron chi connectivity index (χ0n) is 4.79. The van der Waals surface area contributed by atoms with E-state index < -0.39 is 5.78 Å². The molecule has 0 saturated carbocycles. The van der Waals surface area contributed by atoms with Gasteiger partial charge in [0.1, 0.15) is 0 Å². The lowest BCUT2D eigenvalue weighted by Crippen LogP contribution is -2.05. The van der Waals surface area contributed by atoms with E-state index in [1.807, 2.05) is 0 Å². The topological polar surface area (TPSA) is 37.3 Å². The van der Waals surface area contributed by atoms with Crippen molar-refractivity contribution in [3.8, 4) is 0 Å². The van der Waals surface area contributed by atoms with Crippen LogP contribution in [0.4, 0.5) is 0 Å². The molecule has 0 aliphatic heterocycles. The second-order valence-electron chi connectivity index (χ2n) is 1.77. The minimum absolute atomic E-state index is 0.234. The zero-order chi connectivity index (χ0) is 6.85. The van der Waals surface area contributed by atoms with Crippen LogP contribution in [0.1, 0.15) is 0 Å². The third-order valence-electron chi connectivity index (χ3n) is 1.08. The monoisotopic (exact) mass is 122 g/mol. The molecule has 0 bridgehead atoms. The predicted molar refractivity (Wildman–Crippen MR) is 34.0 cm³/mol. The molecule has 2 heteroatoms. The fraction of sp³-hybridized carbons (Fsp3) is 0. The summed E-state index contributed by atoms with van der Waals surface area (Å²) in [6.07, 6.45) is 4.48. The Labute approximate surface area is 52.8 Å². The molecule has 0 amide bonds. The molecule has 0 atom stereocenters. The highest BCUT2D eigenvalue weighted by molar-refractivity contribution is 6.09. The molecule has 0 aromatic carbocycles. The fourth-order valence-corrected chi connectivity index (χ4v) is 0.571. The molecule has 1 aliphatic carbocycles. The highest BCUT2D eigenvalue weighted by Gasteiger charge is 2.10. The maximum Gasteiger partial charge on any atom is 0.226 e. The van der Waals surface area contributed by atoms with Crippen LogP contribution < -0.4 is 0 Å². The van der Waals surface area contributed by atoms with Gasteiger partial charge in [0.25, 0.3) is 0 Å². The number of ketones is 1. The Kier molecular flexibility index (Phi) is 1.23. The van der Waals surface area contributed by atoms with E-state index >= 15 is 0 Å². The van der Waals surface area contributed by atoms with Gasteiger partial charge in [-0.2, -0.15) is 0 Å². The first-order chi connectivity index (χ1) is 4.22. The van der Waals surface area contributed by atoms with Gasteiger partial charge >= 0.3 is 0 Å². The molecule has 1 N–H and O–H groups in total. The fourth-order valence-electron chi connectivity index (χ4n) is 0.571. The van der Waals surface area contributed by atoms with E-state index in [1.54, 1.807) is 12.2 Å². The van der Waals surface area contributed by atoms with Gasteiger partial charge in [0.05, 0.1) is 0 Å². The van der Waals surface area contributed by atoms with Gasteiger partial charge in [-0.3, -0.25) is 4.79 Å². The Morgan fingerprint density at radius 3 is 2.67 bits per heavy atom. The third kappa shape index (κ3) is 0.914. The van der Waals surface area contributed by atoms with Crippen molar-refractivity contribution in [2.45, 2.75) is 0 Å². The summed E-state index contributed by atoms with van der Waals surface area (Å²) >= 11 is 0. The highest BCUT2D eigenvalue weighted by Crippen LogP contribution is 2.08. The number of hydrogen-bond acceptors (Lipinski definition) is 2. The summed E-state index contributed by atoms with van der Waals surface area (Å²) in [7, 11) is 0. The van der Waals surface area contributed by atoms with Gasteiger partial charge in [0, 0.05) is 5.57 Å². The molecule has 1 aliphatic rings. The van der Waals surface area contributed by atoms with Crippen molar-refractivity contribution in [3.63, 3.8) is 0 Å². The van der Waals surface area contributed by atoms with Crippen molar-refractivity contribution in [1.82, 2.24) is 0 Å². The van der Waals surface area contributed by atoms with Crippen molar-refractivity contribution >= 4 is 5.78 Å². The van der Waals surface area contributed by atoms with Crippen molar-refractivity contribution in [2.75, 3.05) is 0 Å². The Morgan fingerprint density at radius 1 is 1.56 bits per heavy atom. The van der Waals surface area contributed by atoms with E-state index in [-0.39, 0.29) is 5.76 Å². The maximum absolute atomic E-state index is 10.7. The number of carbonyl (C=O) groups is 1. The van der Waals surface area contributed by atoms with E-state index in [0.29, 0.717) is 5.57 Å². The van der Waals surface area contributed by atoms with E-state index in [4.69, 9.17) is 5.11 Å². The average Bonchev–Trinajstić information content (AvgIpc) is 1.83. The predicted octanol–water partition coefficient (Wildman–Crippen LogP) is 1.12. The molecular formula is C7H6O2. The number of allylic oxidation sites excluding steroid dienone is 4. The van der Waals surface area contributed by atoms with E-state index in [1.165, 1.54) is 6.08 Å². The summed E-state index contributed by atoms with van der Waals surface area (Å²) in [6, 6.07) is 0. The number of aliphatic hydroxyl groups excluding tert-OH is 1. The standard InChI is InChI=1S/C7H6O2/c1-5-3-2-4-6(8)7(5)9/h2-4,8H,1H2. The molecule has 0 aromatic rings. The molecule has 0 radical (unpaired) electrons. The quantitative estimate of drug-likeness (QED) is 0.489. The van der Waals surface area contributed by atoms with Gasteiger partial charge in [0.15, 0.2) is 5.76 Å². The van der Waals surface area contributed by atoms with E-state index in [2.05, 4.69) is 6.58 Å². The molecule has 0 aromatic heterocycles. The summed E-state index contributed by atoms with van der Waals surface area (Å²) in [5.41, 5.74) is 0.329. The summed E-state index contributed by atoms with van der Waals surface area (Å²) < 4.78 is 0. The molecular weight excluding hydrogens is 116 g/mol. The molecule has 1 rings (SSSR count). The lowest BCUT2D eigenvalue weighted by Gasteiger charge is -2.00. The molecule has 9 heavy (non-hydrogen) atoms. The summed E-state index contributed by atoms with van der Waals surface area (Å²) in [5, 5.41) is 8.75. The second-order valence-corrected chi connectivity index (χ2v) is 1.77. The first kappa shape index (κ1) is 5.82. The third-order valence-corrected chi connectivity index (χ3v) is 1.08. The maximum atomic E-state index is 10.7. The number of Topliss-reactive ketones (excluding diaryl/α,β-unsaturated/α-hetero) is 1. The van der Waals surface area contributed by atoms with Crippen LogP contribution in [0.15, 0.2) is 36.1 Å². The summed E-state index contributed by atoms with van der Waals surface area (Å²) in [5.74, 6) is -0.625. The normalized spacial score (nSPS) is 18.0. The Hall–Kier alpha value is -1.31. The van der Waals surface area contributed by atoms with Crippen LogP contribution >= 0.6 is 0 Å². The van der Waals surface area contributed by atoms with Crippen LogP contribution in [0.25, 0.3) is 0 Å². The first-order valence-electron chi connectivity index (χ1n) is 2.53. The molecule has 2 nitrogen and oxygen atoms in total. The number of rotatable bonds is 0. The highest BCUT2D eigenvalue weighted by atomic mass is 16.3. The molecule has 46 valence electrons. The Morgan fingerprint density at radius 2 is 2.22 bits per heavy atom. The lowest BCUT2D eigenvalue weighted by atomic mass is 10.1. The Bertz CT molecular complexity index is 221. The minimum Gasteiger partial charge on any atom is -0.504 e. The second kappa shape index (κ2) is 1.90. The number of hydrogen-bond donors (Lipinski definition) is 1. The molecule has 0 unspecified atom stereocenters. The van der Waals surface area contributed by atoms with E-state index in [0.717, 1.165) is 0 Å². The van der Waals surface area contributed by atoms with Gasteiger partial charge in [-0.05, 0) is 6.08 Å². The van der Waals surface area contributed by atoms with E-state index in [9.17, 15) is 4.79 Å². The Balaban J connectivity index is 3.00. The first-order valence-corrected chi connectivity index (χ1v) is 2.53.